The first kappa shape index (κ1) is 23.2. The Morgan fingerprint density at radius 1 is 1.06 bits per heavy atom. The molecule has 2 N–H and O–H groups in total. The van der Waals surface area contributed by atoms with Crippen LogP contribution in [0.5, 0.6) is 0 Å². The third-order valence-electron chi connectivity index (χ3n) is 5.90. The van der Waals surface area contributed by atoms with E-state index in [1.807, 2.05) is 24.3 Å². The summed E-state index contributed by atoms with van der Waals surface area (Å²) in [4.78, 5) is 27.7. The molecule has 8 heteroatoms. The van der Waals surface area contributed by atoms with Crippen molar-refractivity contribution in [3.05, 3.63) is 71.0 Å². The van der Waals surface area contributed by atoms with Crippen molar-refractivity contribution in [2.45, 2.75) is 57.1 Å². The molecule has 2 aliphatic rings. The van der Waals surface area contributed by atoms with E-state index in [1.165, 1.54) is 12.1 Å². The van der Waals surface area contributed by atoms with Crippen molar-refractivity contribution in [1.29, 1.82) is 0 Å². The Kier molecular flexibility index (Phi) is 6.38. The molecule has 0 radical (unpaired) electrons. The minimum Gasteiger partial charge on any atom is -0.444 e. The number of amides is 2. The number of fused-ring (bicyclic) bond motifs is 1. The lowest BCUT2D eigenvalue weighted by atomic mass is 9.99. The van der Waals surface area contributed by atoms with Gasteiger partial charge >= 0.3 is 6.09 Å². The number of halogens is 2. The maximum absolute atomic E-state index is 13.6. The SMILES string of the molecule is CC(C)(C)OC(=O)NC1c2ccccc2C[C@@H]1NC(=O)C(c1ccc(F)cc1)N1CC(F)C1. The predicted molar refractivity (Wildman–Crippen MR) is 120 cm³/mol. The molecule has 2 unspecified atom stereocenters. The van der Waals surface area contributed by atoms with E-state index >= 15 is 0 Å². The number of nitrogens with zero attached hydrogens (tertiary/aromatic N) is 1. The van der Waals surface area contributed by atoms with Crippen LogP contribution in [0.15, 0.2) is 48.5 Å². The quantitative estimate of drug-likeness (QED) is 0.716. The normalized spacial score (nSPS) is 21.6. The zero-order chi connectivity index (χ0) is 23.8. The Bertz CT molecular complexity index is 1020. The second-order valence-electron chi connectivity index (χ2n) is 9.65. The number of likely N-dealkylation sites (tertiary alicyclic amines) is 1. The summed E-state index contributed by atoms with van der Waals surface area (Å²) in [7, 11) is 0. The highest BCUT2D eigenvalue weighted by atomic mass is 19.1. The molecule has 1 fully saturated rings. The summed E-state index contributed by atoms with van der Waals surface area (Å²) in [6.07, 6.45) is -1.02. The molecular formula is C25H29F2N3O3. The van der Waals surface area contributed by atoms with Gasteiger partial charge in [-0.05, 0) is 56.0 Å². The monoisotopic (exact) mass is 457 g/mol. The third kappa shape index (κ3) is 5.33. The van der Waals surface area contributed by atoms with Crippen LogP contribution in [0.2, 0.25) is 0 Å². The number of alkyl halides is 1. The van der Waals surface area contributed by atoms with Gasteiger partial charge in [-0.3, -0.25) is 9.69 Å². The van der Waals surface area contributed by atoms with Crippen LogP contribution in [0.25, 0.3) is 0 Å². The number of carbonyl (C=O) groups is 2. The Morgan fingerprint density at radius 2 is 1.73 bits per heavy atom. The molecule has 0 aromatic heterocycles. The molecule has 1 saturated heterocycles. The average molecular weight is 458 g/mol. The van der Waals surface area contributed by atoms with E-state index in [-0.39, 0.29) is 19.0 Å². The fourth-order valence-electron chi connectivity index (χ4n) is 4.44. The molecule has 0 spiro atoms. The lowest BCUT2D eigenvalue weighted by Gasteiger charge is -2.40. The van der Waals surface area contributed by atoms with E-state index in [0.29, 0.717) is 12.0 Å². The zero-order valence-electron chi connectivity index (χ0n) is 19.0. The lowest BCUT2D eigenvalue weighted by molar-refractivity contribution is -0.130. The standard InChI is InChI=1S/C25H29F2N3O3/c1-25(2,3)33-24(32)29-21-19-7-5-4-6-16(19)12-20(21)28-23(31)22(30-13-18(27)14-30)15-8-10-17(26)11-9-15/h4-11,18,20-22H,12-14H2,1-3H3,(H,28,31)(H,29,32)/t20-,21?,22?/m0/s1. The molecule has 1 heterocycles. The van der Waals surface area contributed by atoms with Crippen LogP contribution in [0.1, 0.15) is 49.5 Å². The van der Waals surface area contributed by atoms with Crippen LogP contribution in [-0.2, 0) is 16.0 Å². The summed E-state index contributed by atoms with van der Waals surface area (Å²) in [5.41, 5.74) is 1.87. The van der Waals surface area contributed by atoms with Crippen molar-refractivity contribution in [3.8, 4) is 0 Å². The summed E-state index contributed by atoms with van der Waals surface area (Å²) in [6.45, 7) is 5.63. The zero-order valence-corrected chi connectivity index (χ0v) is 19.0. The van der Waals surface area contributed by atoms with Crippen molar-refractivity contribution in [2.75, 3.05) is 13.1 Å². The first-order chi connectivity index (χ1) is 15.6. The minimum atomic E-state index is -0.988. The lowest BCUT2D eigenvalue weighted by Crippen LogP contribution is -2.56. The highest BCUT2D eigenvalue weighted by Gasteiger charge is 2.41. The van der Waals surface area contributed by atoms with Gasteiger partial charge in [0, 0.05) is 13.1 Å². The average Bonchev–Trinajstić information content (AvgIpc) is 3.04. The first-order valence-corrected chi connectivity index (χ1v) is 11.1. The highest BCUT2D eigenvalue weighted by Crippen LogP contribution is 2.33. The van der Waals surface area contributed by atoms with Crippen molar-refractivity contribution < 1.29 is 23.1 Å². The van der Waals surface area contributed by atoms with Crippen LogP contribution in [-0.4, -0.2) is 47.8 Å². The Hall–Kier alpha value is -3.00. The van der Waals surface area contributed by atoms with Crippen LogP contribution in [0.3, 0.4) is 0 Å². The van der Waals surface area contributed by atoms with Gasteiger partial charge in [0.2, 0.25) is 5.91 Å². The van der Waals surface area contributed by atoms with Gasteiger partial charge in [-0.15, -0.1) is 0 Å². The van der Waals surface area contributed by atoms with Gasteiger partial charge in [0.05, 0.1) is 12.1 Å². The van der Waals surface area contributed by atoms with E-state index in [4.69, 9.17) is 4.74 Å². The molecule has 176 valence electrons. The molecule has 33 heavy (non-hydrogen) atoms. The van der Waals surface area contributed by atoms with Gasteiger partial charge in [-0.1, -0.05) is 36.4 Å². The van der Waals surface area contributed by atoms with Gasteiger partial charge in [-0.25, -0.2) is 13.6 Å². The van der Waals surface area contributed by atoms with Gasteiger partial charge in [0.15, 0.2) is 0 Å². The molecule has 0 bridgehead atoms. The molecule has 2 aromatic rings. The number of benzene rings is 2. The molecule has 4 rings (SSSR count). The largest absolute Gasteiger partial charge is 0.444 e. The maximum Gasteiger partial charge on any atom is 0.408 e. The first-order valence-electron chi connectivity index (χ1n) is 11.1. The summed E-state index contributed by atoms with van der Waals surface area (Å²) in [5, 5.41) is 5.95. The fourth-order valence-corrected chi connectivity index (χ4v) is 4.44. The molecule has 1 aliphatic heterocycles. The number of ether oxygens (including phenoxy) is 1. The molecule has 1 aliphatic carbocycles. The van der Waals surface area contributed by atoms with Crippen molar-refractivity contribution >= 4 is 12.0 Å². The fraction of sp³-hybridized carbons (Fsp3) is 0.440. The molecular weight excluding hydrogens is 428 g/mol. The Morgan fingerprint density at radius 3 is 2.36 bits per heavy atom. The summed E-state index contributed by atoms with van der Waals surface area (Å²) in [5.74, 6) is -0.722. The number of hydrogen-bond acceptors (Lipinski definition) is 4. The van der Waals surface area contributed by atoms with Gasteiger partial charge in [-0.2, -0.15) is 0 Å². The summed E-state index contributed by atoms with van der Waals surface area (Å²) < 4.78 is 32.5. The van der Waals surface area contributed by atoms with E-state index in [2.05, 4.69) is 10.6 Å². The number of rotatable bonds is 5. The van der Waals surface area contributed by atoms with Crippen molar-refractivity contribution in [1.82, 2.24) is 15.5 Å². The Labute approximate surface area is 192 Å². The van der Waals surface area contributed by atoms with E-state index in [1.54, 1.807) is 37.8 Å². The number of hydrogen-bond donors (Lipinski definition) is 2. The molecule has 0 saturated carbocycles. The van der Waals surface area contributed by atoms with Crippen LogP contribution < -0.4 is 10.6 Å². The summed E-state index contributed by atoms with van der Waals surface area (Å²) >= 11 is 0. The summed E-state index contributed by atoms with van der Waals surface area (Å²) in [6, 6.07) is 11.7. The molecule has 6 nitrogen and oxygen atoms in total. The second-order valence-corrected chi connectivity index (χ2v) is 9.65. The third-order valence-corrected chi connectivity index (χ3v) is 5.90. The number of alkyl carbamates (subject to hydrolysis) is 1. The molecule has 2 aromatic carbocycles. The molecule has 3 atom stereocenters. The van der Waals surface area contributed by atoms with Gasteiger partial charge < -0.3 is 15.4 Å². The van der Waals surface area contributed by atoms with E-state index < -0.39 is 41.8 Å². The van der Waals surface area contributed by atoms with E-state index in [0.717, 1.165) is 11.1 Å². The smallest absolute Gasteiger partial charge is 0.408 e. The highest BCUT2D eigenvalue weighted by molar-refractivity contribution is 5.84. The Balaban J connectivity index is 1.55. The number of nitrogens with one attached hydrogen (secondary N) is 2. The second kappa shape index (κ2) is 9.09. The van der Waals surface area contributed by atoms with Crippen molar-refractivity contribution in [2.24, 2.45) is 0 Å². The topological polar surface area (TPSA) is 70.7 Å². The van der Waals surface area contributed by atoms with Crippen LogP contribution >= 0.6 is 0 Å². The van der Waals surface area contributed by atoms with Gasteiger partial charge in [0.25, 0.3) is 0 Å². The molecule has 2 amide bonds. The predicted octanol–water partition coefficient (Wildman–Crippen LogP) is 3.83. The van der Waals surface area contributed by atoms with Crippen molar-refractivity contribution in [3.63, 3.8) is 0 Å². The van der Waals surface area contributed by atoms with Crippen LogP contribution in [0.4, 0.5) is 13.6 Å². The maximum atomic E-state index is 13.6. The van der Waals surface area contributed by atoms with Crippen LogP contribution in [0, 0.1) is 5.82 Å². The minimum absolute atomic E-state index is 0.139. The van der Waals surface area contributed by atoms with Gasteiger partial charge in [0.1, 0.15) is 23.6 Å². The van der Waals surface area contributed by atoms with E-state index in [9.17, 15) is 18.4 Å². The number of carbonyl (C=O) groups excluding carboxylic acids is 2.